The van der Waals surface area contributed by atoms with E-state index in [0.717, 1.165) is 12.8 Å². The summed E-state index contributed by atoms with van der Waals surface area (Å²) < 4.78 is 0. The van der Waals surface area contributed by atoms with E-state index in [0.29, 0.717) is 5.92 Å². The lowest BCUT2D eigenvalue weighted by Gasteiger charge is -2.38. The minimum Gasteiger partial charge on any atom is -0.376 e. The molecule has 0 aliphatic heterocycles. The van der Waals surface area contributed by atoms with Crippen molar-refractivity contribution in [2.75, 3.05) is 0 Å². The van der Waals surface area contributed by atoms with E-state index in [2.05, 4.69) is 6.92 Å². The van der Waals surface area contributed by atoms with E-state index >= 15 is 0 Å². The van der Waals surface area contributed by atoms with Gasteiger partial charge in [-0.2, -0.15) is 0 Å². The first-order valence-corrected chi connectivity index (χ1v) is 2.61. The van der Waals surface area contributed by atoms with Crippen LogP contribution in [0.2, 0.25) is 0 Å². The summed E-state index contributed by atoms with van der Waals surface area (Å²) >= 11 is 0. The highest BCUT2D eigenvalue weighted by Crippen LogP contribution is 2.32. The van der Waals surface area contributed by atoms with Gasteiger partial charge in [0.15, 0.2) is 0 Å². The summed E-state index contributed by atoms with van der Waals surface area (Å²) in [7, 11) is 0. The molecule has 1 saturated carbocycles. The number of hydrogen-bond donors (Lipinski definition) is 2. The number of rotatable bonds is 0. The van der Waals surface area contributed by atoms with Gasteiger partial charge >= 0.3 is 0 Å². The second kappa shape index (κ2) is 1.20. The zero-order valence-corrected chi connectivity index (χ0v) is 4.52. The number of nitrogens with two attached hydrogens (primary N) is 1. The molecule has 3 N–H and O–H groups in total. The van der Waals surface area contributed by atoms with E-state index in [-0.39, 0.29) is 0 Å². The molecule has 0 aromatic carbocycles. The topological polar surface area (TPSA) is 46.2 Å². The van der Waals surface area contributed by atoms with Gasteiger partial charge in [0.25, 0.3) is 0 Å². The molecule has 1 aliphatic rings. The summed E-state index contributed by atoms with van der Waals surface area (Å²) in [5, 5.41) is 8.86. The first-order chi connectivity index (χ1) is 3.10. The van der Waals surface area contributed by atoms with Gasteiger partial charge in [0, 0.05) is 0 Å². The van der Waals surface area contributed by atoms with E-state index in [1.54, 1.807) is 0 Å². The Morgan fingerprint density at radius 2 is 2.14 bits per heavy atom. The van der Waals surface area contributed by atoms with Crippen molar-refractivity contribution in [3.05, 3.63) is 0 Å². The Morgan fingerprint density at radius 3 is 2.14 bits per heavy atom. The molecule has 0 bridgehead atoms. The van der Waals surface area contributed by atoms with Gasteiger partial charge in [0.1, 0.15) is 5.72 Å². The van der Waals surface area contributed by atoms with E-state index in [9.17, 15) is 0 Å². The standard InChI is InChI=1S/C5H11NO/c1-4-2-5(6,7)3-4/h4,7H,2-3,6H2,1H3. The van der Waals surface area contributed by atoms with E-state index in [1.165, 1.54) is 0 Å². The van der Waals surface area contributed by atoms with Gasteiger partial charge in [-0.15, -0.1) is 0 Å². The molecular weight excluding hydrogens is 90.1 g/mol. The second-order valence-corrected chi connectivity index (χ2v) is 2.62. The molecule has 0 amide bonds. The molecule has 0 saturated heterocycles. The summed E-state index contributed by atoms with van der Waals surface area (Å²) in [6.45, 7) is 2.08. The molecule has 0 atom stereocenters. The quantitative estimate of drug-likeness (QED) is 0.424. The van der Waals surface area contributed by atoms with Crippen LogP contribution in [-0.2, 0) is 0 Å². The fourth-order valence-corrected chi connectivity index (χ4v) is 1.15. The highest BCUT2D eigenvalue weighted by molar-refractivity contribution is 4.85. The molecule has 2 heteroatoms. The van der Waals surface area contributed by atoms with Crippen molar-refractivity contribution in [2.24, 2.45) is 11.7 Å². The molecule has 0 unspecified atom stereocenters. The van der Waals surface area contributed by atoms with Gasteiger partial charge in [0.2, 0.25) is 0 Å². The average Bonchev–Trinajstić information content (AvgIpc) is 1.27. The first-order valence-electron chi connectivity index (χ1n) is 2.61. The molecule has 0 aromatic rings. The minimum atomic E-state index is -0.806. The molecule has 42 valence electrons. The van der Waals surface area contributed by atoms with Crippen molar-refractivity contribution >= 4 is 0 Å². The molecule has 1 aliphatic carbocycles. The number of aliphatic hydroxyl groups is 1. The van der Waals surface area contributed by atoms with Crippen molar-refractivity contribution in [3.63, 3.8) is 0 Å². The largest absolute Gasteiger partial charge is 0.376 e. The third-order valence-electron chi connectivity index (χ3n) is 1.40. The highest BCUT2D eigenvalue weighted by Gasteiger charge is 2.35. The van der Waals surface area contributed by atoms with Crippen LogP contribution in [0.4, 0.5) is 0 Å². The van der Waals surface area contributed by atoms with Crippen molar-refractivity contribution in [1.82, 2.24) is 0 Å². The summed E-state index contributed by atoms with van der Waals surface area (Å²) in [4.78, 5) is 0. The molecule has 1 fully saturated rings. The third kappa shape index (κ3) is 0.924. The maximum absolute atomic E-state index is 8.86. The van der Waals surface area contributed by atoms with Crippen LogP contribution in [0.25, 0.3) is 0 Å². The second-order valence-electron chi connectivity index (χ2n) is 2.62. The molecule has 0 radical (unpaired) electrons. The molecular formula is C5H11NO. The maximum atomic E-state index is 8.86. The van der Waals surface area contributed by atoms with Gasteiger partial charge in [-0.3, -0.25) is 0 Å². The van der Waals surface area contributed by atoms with Crippen LogP contribution >= 0.6 is 0 Å². The zero-order valence-electron chi connectivity index (χ0n) is 4.52. The fourth-order valence-electron chi connectivity index (χ4n) is 1.15. The van der Waals surface area contributed by atoms with E-state index in [1.807, 2.05) is 0 Å². The van der Waals surface area contributed by atoms with Crippen LogP contribution in [0.1, 0.15) is 19.8 Å². The molecule has 0 spiro atoms. The first kappa shape index (κ1) is 5.06. The highest BCUT2D eigenvalue weighted by atomic mass is 16.3. The van der Waals surface area contributed by atoms with Crippen LogP contribution < -0.4 is 5.73 Å². The Labute approximate surface area is 43.3 Å². The normalized spacial score (nSPS) is 51.0. The van der Waals surface area contributed by atoms with Crippen LogP contribution in [0, 0.1) is 5.92 Å². The van der Waals surface area contributed by atoms with Gasteiger partial charge in [-0.1, -0.05) is 6.92 Å². The lowest BCUT2D eigenvalue weighted by Crippen LogP contribution is -2.50. The summed E-state index contributed by atoms with van der Waals surface area (Å²) in [6, 6.07) is 0. The Bertz CT molecular complexity index is 72.1. The molecule has 0 heterocycles. The average molecular weight is 101 g/mol. The molecule has 1 rings (SSSR count). The summed E-state index contributed by atoms with van der Waals surface area (Å²) in [5.74, 6) is 0.634. The van der Waals surface area contributed by atoms with Crippen molar-refractivity contribution < 1.29 is 5.11 Å². The van der Waals surface area contributed by atoms with Crippen LogP contribution in [0.15, 0.2) is 0 Å². The molecule has 0 aromatic heterocycles. The van der Waals surface area contributed by atoms with Crippen molar-refractivity contribution in [1.29, 1.82) is 0 Å². The predicted molar refractivity (Wildman–Crippen MR) is 27.5 cm³/mol. The summed E-state index contributed by atoms with van der Waals surface area (Å²) in [6.07, 6.45) is 1.54. The van der Waals surface area contributed by atoms with Gasteiger partial charge < -0.3 is 10.8 Å². The predicted octanol–water partition coefficient (Wildman–Crippen LogP) is 0.0636. The lowest BCUT2D eigenvalue weighted by atomic mass is 9.79. The van der Waals surface area contributed by atoms with Crippen molar-refractivity contribution in [3.8, 4) is 0 Å². The SMILES string of the molecule is CC1CC(N)(O)C1. The van der Waals surface area contributed by atoms with E-state index in [4.69, 9.17) is 10.8 Å². The minimum absolute atomic E-state index is 0.634. The summed E-state index contributed by atoms with van der Waals surface area (Å²) in [5.41, 5.74) is 4.46. The zero-order chi connectivity index (χ0) is 5.49. The Hall–Kier alpha value is -0.0800. The van der Waals surface area contributed by atoms with Crippen LogP contribution in [0.5, 0.6) is 0 Å². The number of hydrogen-bond acceptors (Lipinski definition) is 2. The Balaban J connectivity index is 2.29. The molecule has 2 nitrogen and oxygen atoms in total. The van der Waals surface area contributed by atoms with Crippen LogP contribution in [0.3, 0.4) is 0 Å². The Kier molecular flexibility index (Phi) is 0.869. The fraction of sp³-hybridized carbons (Fsp3) is 1.00. The smallest absolute Gasteiger partial charge is 0.114 e. The Morgan fingerprint density at radius 1 is 1.71 bits per heavy atom. The van der Waals surface area contributed by atoms with Gasteiger partial charge in [0.05, 0.1) is 0 Å². The van der Waals surface area contributed by atoms with Gasteiger partial charge in [-0.25, -0.2) is 0 Å². The lowest BCUT2D eigenvalue weighted by molar-refractivity contribution is -0.0617. The maximum Gasteiger partial charge on any atom is 0.114 e. The van der Waals surface area contributed by atoms with Crippen molar-refractivity contribution in [2.45, 2.75) is 25.5 Å². The molecule has 7 heavy (non-hydrogen) atoms. The van der Waals surface area contributed by atoms with Gasteiger partial charge in [-0.05, 0) is 18.8 Å². The third-order valence-corrected chi connectivity index (χ3v) is 1.40. The van der Waals surface area contributed by atoms with E-state index < -0.39 is 5.72 Å². The monoisotopic (exact) mass is 101 g/mol. The van der Waals surface area contributed by atoms with Crippen LogP contribution in [-0.4, -0.2) is 10.8 Å².